The number of hydrogen-bond donors (Lipinski definition) is 0. The van der Waals surface area contributed by atoms with Crippen molar-refractivity contribution in [2.24, 2.45) is 0 Å². The number of aromatic nitrogens is 1. The third kappa shape index (κ3) is 5.00. The van der Waals surface area contributed by atoms with Gasteiger partial charge in [0.2, 0.25) is 5.91 Å². The van der Waals surface area contributed by atoms with Gasteiger partial charge in [-0.15, -0.1) is 0 Å². The molecular weight excluding hydrogens is 436 g/mol. The van der Waals surface area contributed by atoms with Gasteiger partial charge in [-0.3, -0.25) is 24.4 Å². The number of halogens is 1. The average Bonchev–Trinajstić information content (AvgIpc) is 3.10. The molecule has 0 aliphatic carbocycles. The molecule has 1 saturated heterocycles. The van der Waals surface area contributed by atoms with E-state index in [4.69, 9.17) is 16.0 Å². The smallest absolute Gasteiger partial charge is 0.407 e. The highest BCUT2D eigenvalue weighted by Gasteiger charge is 2.21. The van der Waals surface area contributed by atoms with E-state index in [1.165, 1.54) is 28.3 Å². The predicted octanol–water partition coefficient (Wildman–Crippen LogP) is 3.28. The van der Waals surface area contributed by atoms with Gasteiger partial charge >= 0.3 is 5.76 Å². The Kier molecular flexibility index (Phi) is 6.57. The zero-order chi connectivity index (χ0) is 22.7. The van der Waals surface area contributed by atoms with E-state index in [1.807, 2.05) is 29.2 Å². The molecule has 0 unspecified atom stereocenters. The first-order valence-electron chi connectivity index (χ1n) is 10.4. The number of aryl methyl sites for hydroxylation is 1. The molecule has 9 nitrogen and oxygen atoms in total. The molecule has 1 aliphatic rings. The Bertz CT molecular complexity index is 1180. The normalized spacial score (nSPS) is 14.7. The first kappa shape index (κ1) is 22.0. The second kappa shape index (κ2) is 9.54. The van der Waals surface area contributed by atoms with Crippen LogP contribution >= 0.6 is 11.6 Å². The Morgan fingerprint density at radius 2 is 1.81 bits per heavy atom. The molecule has 0 spiro atoms. The van der Waals surface area contributed by atoms with Crippen LogP contribution in [0.5, 0.6) is 0 Å². The van der Waals surface area contributed by atoms with Gasteiger partial charge in [0.25, 0.3) is 5.69 Å². The van der Waals surface area contributed by atoms with Crippen LogP contribution in [0, 0.1) is 10.1 Å². The molecule has 0 radical (unpaired) electrons. The third-order valence-electron chi connectivity index (χ3n) is 5.68. The van der Waals surface area contributed by atoms with Crippen LogP contribution in [-0.4, -0.2) is 51.4 Å². The molecule has 0 saturated carbocycles. The molecule has 0 bridgehead atoms. The van der Waals surface area contributed by atoms with Crippen molar-refractivity contribution in [3.05, 3.63) is 73.7 Å². The fourth-order valence-electron chi connectivity index (χ4n) is 3.93. The van der Waals surface area contributed by atoms with E-state index in [-0.39, 0.29) is 17.2 Å². The average molecular weight is 459 g/mol. The van der Waals surface area contributed by atoms with Gasteiger partial charge in [-0.2, -0.15) is 0 Å². The highest BCUT2D eigenvalue weighted by molar-refractivity contribution is 6.30. The number of non-ortho nitro benzene ring substituents is 1. The Hall–Kier alpha value is -3.17. The number of amides is 1. The van der Waals surface area contributed by atoms with Gasteiger partial charge in [0.15, 0.2) is 5.58 Å². The summed E-state index contributed by atoms with van der Waals surface area (Å²) in [4.78, 5) is 39.2. The van der Waals surface area contributed by atoms with Crippen LogP contribution in [0.2, 0.25) is 5.02 Å². The van der Waals surface area contributed by atoms with Gasteiger partial charge in [-0.25, -0.2) is 4.79 Å². The molecule has 1 amide bonds. The first-order chi connectivity index (χ1) is 15.4. The van der Waals surface area contributed by atoms with E-state index in [0.29, 0.717) is 38.0 Å². The lowest BCUT2D eigenvalue weighted by Crippen LogP contribution is -2.48. The molecule has 168 valence electrons. The van der Waals surface area contributed by atoms with Crippen molar-refractivity contribution in [2.75, 3.05) is 26.2 Å². The number of benzene rings is 2. The SMILES string of the molecule is O=C(CCCn1c(=O)oc2cc([N+](=O)[O-])ccc21)N1CCN(Cc2ccc(Cl)cc2)CC1. The molecule has 0 N–H and O–H groups in total. The largest absolute Gasteiger partial charge is 0.419 e. The summed E-state index contributed by atoms with van der Waals surface area (Å²) in [6.45, 7) is 4.09. The maximum absolute atomic E-state index is 12.6. The van der Waals surface area contributed by atoms with E-state index in [1.54, 1.807) is 0 Å². The maximum atomic E-state index is 12.6. The van der Waals surface area contributed by atoms with E-state index < -0.39 is 10.7 Å². The lowest BCUT2D eigenvalue weighted by atomic mass is 10.2. The van der Waals surface area contributed by atoms with Crippen LogP contribution in [0.25, 0.3) is 11.1 Å². The van der Waals surface area contributed by atoms with Gasteiger partial charge in [0, 0.05) is 56.8 Å². The van der Waals surface area contributed by atoms with Crippen molar-refractivity contribution in [1.29, 1.82) is 0 Å². The van der Waals surface area contributed by atoms with Crippen molar-refractivity contribution >= 4 is 34.3 Å². The second-order valence-electron chi connectivity index (χ2n) is 7.82. The third-order valence-corrected chi connectivity index (χ3v) is 5.93. The fraction of sp³-hybridized carbons (Fsp3) is 0.364. The van der Waals surface area contributed by atoms with E-state index >= 15 is 0 Å². The van der Waals surface area contributed by atoms with E-state index in [0.717, 1.165) is 24.7 Å². The number of rotatable bonds is 7. The van der Waals surface area contributed by atoms with Gasteiger partial charge in [-0.05, 0) is 30.2 Å². The molecule has 2 heterocycles. The Balaban J connectivity index is 1.27. The van der Waals surface area contributed by atoms with Crippen LogP contribution in [0.15, 0.2) is 51.7 Å². The molecule has 3 aromatic rings. The van der Waals surface area contributed by atoms with Crippen LogP contribution in [-0.2, 0) is 17.9 Å². The number of carbonyl (C=O) groups is 1. The van der Waals surface area contributed by atoms with Crippen molar-refractivity contribution in [2.45, 2.75) is 25.9 Å². The summed E-state index contributed by atoms with van der Waals surface area (Å²) in [5.41, 5.74) is 1.72. The van der Waals surface area contributed by atoms with Crippen molar-refractivity contribution in [3.63, 3.8) is 0 Å². The summed E-state index contributed by atoms with van der Waals surface area (Å²) in [5, 5.41) is 11.6. The molecule has 1 aromatic heterocycles. The van der Waals surface area contributed by atoms with Gasteiger partial charge < -0.3 is 9.32 Å². The Morgan fingerprint density at radius 1 is 1.09 bits per heavy atom. The number of oxazole rings is 1. The Labute approximate surface area is 188 Å². The number of nitro groups is 1. The van der Waals surface area contributed by atoms with Gasteiger partial charge in [0.1, 0.15) is 0 Å². The summed E-state index contributed by atoms with van der Waals surface area (Å²) in [6, 6.07) is 11.9. The number of nitro benzene ring substituents is 1. The molecule has 1 aliphatic heterocycles. The van der Waals surface area contributed by atoms with E-state index in [2.05, 4.69) is 4.90 Å². The van der Waals surface area contributed by atoms with E-state index in [9.17, 15) is 19.7 Å². The van der Waals surface area contributed by atoms with Crippen molar-refractivity contribution < 1.29 is 14.1 Å². The van der Waals surface area contributed by atoms with Crippen LogP contribution in [0.3, 0.4) is 0 Å². The predicted molar refractivity (Wildman–Crippen MR) is 120 cm³/mol. The lowest BCUT2D eigenvalue weighted by Gasteiger charge is -2.34. The summed E-state index contributed by atoms with van der Waals surface area (Å²) in [5.74, 6) is -0.517. The Morgan fingerprint density at radius 3 is 2.50 bits per heavy atom. The van der Waals surface area contributed by atoms with Crippen molar-refractivity contribution in [1.82, 2.24) is 14.4 Å². The number of nitrogens with zero attached hydrogens (tertiary/aromatic N) is 4. The molecule has 4 rings (SSSR count). The summed E-state index contributed by atoms with van der Waals surface area (Å²) >= 11 is 5.93. The molecular formula is C22H23ClN4O5. The van der Waals surface area contributed by atoms with Gasteiger partial charge in [-0.1, -0.05) is 23.7 Å². The highest BCUT2D eigenvalue weighted by atomic mass is 35.5. The topological polar surface area (TPSA) is 102 Å². The maximum Gasteiger partial charge on any atom is 0.419 e. The number of piperazine rings is 1. The minimum Gasteiger partial charge on any atom is -0.407 e. The second-order valence-corrected chi connectivity index (χ2v) is 8.25. The lowest BCUT2D eigenvalue weighted by molar-refractivity contribution is -0.384. The van der Waals surface area contributed by atoms with Crippen LogP contribution in [0.1, 0.15) is 18.4 Å². The molecule has 32 heavy (non-hydrogen) atoms. The zero-order valence-corrected chi connectivity index (χ0v) is 18.2. The van der Waals surface area contributed by atoms with Crippen LogP contribution in [0.4, 0.5) is 5.69 Å². The highest BCUT2D eigenvalue weighted by Crippen LogP contribution is 2.20. The summed E-state index contributed by atoms with van der Waals surface area (Å²) in [6.07, 6.45) is 0.804. The fourth-order valence-corrected chi connectivity index (χ4v) is 4.06. The first-order valence-corrected chi connectivity index (χ1v) is 10.8. The monoisotopic (exact) mass is 458 g/mol. The minimum absolute atomic E-state index is 0.0626. The van der Waals surface area contributed by atoms with Gasteiger partial charge in [0.05, 0.1) is 16.5 Å². The molecule has 1 fully saturated rings. The molecule has 0 atom stereocenters. The number of hydrogen-bond acceptors (Lipinski definition) is 6. The minimum atomic E-state index is -0.580. The summed E-state index contributed by atoms with van der Waals surface area (Å²) < 4.78 is 6.54. The molecule has 2 aromatic carbocycles. The molecule has 10 heteroatoms. The number of carbonyl (C=O) groups excluding carboxylic acids is 1. The quantitative estimate of drug-likeness (QED) is 0.397. The van der Waals surface area contributed by atoms with Crippen molar-refractivity contribution in [3.8, 4) is 0 Å². The summed E-state index contributed by atoms with van der Waals surface area (Å²) in [7, 11) is 0. The number of fused-ring (bicyclic) bond motifs is 1. The standard InChI is InChI=1S/C22H23ClN4O5/c23-17-5-3-16(4-6-17)15-24-10-12-25(13-11-24)21(28)2-1-9-26-19-8-7-18(27(30)31)14-20(19)32-22(26)29/h3-8,14H,1-2,9-13,15H2. The zero-order valence-electron chi connectivity index (χ0n) is 17.4. The van der Waals surface area contributed by atoms with Crippen LogP contribution < -0.4 is 5.76 Å².